The monoisotopic (exact) mass is 248 g/mol. The lowest BCUT2D eigenvalue weighted by molar-refractivity contribution is -0.145. The Labute approximate surface area is 106 Å². The fourth-order valence-corrected chi connectivity index (χ4v) is 1.34. The number of hydrogen-bond acceptors (Lipinski definition) is 4. The van der Waals surface area contributed by atoms with Gasteiger partial charge in [-0.2, -0.15) is 0 Å². The van der Waals surface area contributed by atoms with E-state index in [-0.39, 0.29) is 6.61 Å². The molecule has 0 spiro atoms. The summed E-state index contributed by atoms with van der Waals surface area (Å²) in [6, 6.07) is 6.83. The van der Waals surface area contributed by atoms with Gasteiger partial charge in [0, 0.05) is 0 Å². The van der Waals surface area contributed by atoms with E-state index in [1.54, 1.807) is 31.2 Å². The van der Waals surface area contributed by atoms with Gasteiger partial charge >= 0.3 is 5.97 Å². The highest BCUT2D eigenvalue weighted by Gasteiger charge is 2.06. The molecule has 0 amide bonds. The molecule has 1 rings (SSSR count). The normalized spacial score (nSPS) is 11.2. The molecule has 0 radical (unpaired) electrons. The molecule has 1 N–H and O–H groups in total. The minimum absolute atomic E-state index is 0.148. The smallest absolute Gasteiger partial charge is 0.344 e. The predicted molar refractivity (Wildman–Crippen MR) is 67.2 cm³/mol. The minimum atomic E-state index is -0.784. The molecule has 0 bridgehead atoms. The quantitative estimate of drug-likeness (QED) is 0.618. The summed E-state index contributed by atoms with van der Waals surface area (Å²) in [6.45, 7) is 5.30. The number of carbonyl (C=O) groups excluding carboxylic acids is 1. The zero-order chi connectivity index (χ0) is 13.4. The van der Waals surface area contributed by atoms with E-state index in [9.17, 15) is 9.90 Å². The number of ether oxygens (including phenoxy) is 2. The van der Waals surface area contributed by atoms with Gasteiger partial charge in [0.2, 0.25) is 0 Å². The Balaban J connectivity index is 2.65. The third-order valence-electron chi connectivity index (χ3n) is 2.14. The van der Waals surface area contributed by atoms with Gasteiger partial charge in [-0.15, -0.1) is 5.73 Å². The molecule has 4 heteroatoms. The first kappa shape index (κ1) is 14.0. The van der Waals surface area contributed by atoms with Gasteiger partial charge in [-0.05, 0) is 30.7 Å². The largest absolute Gasteiger partial charge is 0.482 e. The maximum Gasteiger partial charge on any atom is 0.344 e. The van der Waals surface area contributed by atoms with Crippen LogP contribution in [0.1, 0.15) is 18.6 Å². The van der Waals surface area contributed by atoms with Gasteiger partial charge in [0.1, 0.15) is 11.9 Å². The Bertz CT molecular complexity index is 447. The highest BCUT2D eigenvalue weighted by Crippen LogP contribution is 2.19. The Morgan fingerprint density at radius 1 is 1.61 bits per heavy atom. The van der Waals surface area contributed by atoms with Crippen LogP contribution in [0.3, 0.4) is 0 Å². The van der Waals surface area contributed by atoms with Crippen molar-refractivity contribution >= 4 is 5.97 Å². The molecule has 0 aliphatic heterocycles. The van der Waals surface area contributed by atoms with Crippen molar-refractivity contribution in [3.8, 4) is 5.75 Å². The Hall–Kier alpha value is -2.03. The number of aliphatic hydroxyl groups is 1. The molecule has 0 aliphatic carbocycles. The van der Waals surface area contributed by atoms with Crippen LogP contribution in [-0.4, -0.2) is 24.3 Å². The zero-order valence-electron chi connectivity index (χ0n) is 10.3. The second kappa shape index (κ2) is 7.33. The Morgan fingerprint density at radius 2 is 2.39 bits per heavy atom. The summed E-state index contributed by atoms with van der Waals surface area (Å²) in [5, 5.41) is 9.70. The second-order valence-corrected chi connectivity index (χ2v) is 3.48. The molecule has 0 aliphatic rings. The average Bonchev–Trinajstić information content (AvgIpc) is 2.37. The first-order valence-electron chi connectivity index (χ1n) is 5.59. The van der Waals surface area contributed by atoms with Crippen molar-refractivity contribution in [3.63, 3.8) is 0 Å². The van der Waals surface area contributed by atoms with Crippen LogP contribution in [0, 0.1) is 0 Å². The van der Waals surface area contributed by atoms with Crippen LogP contribution in [-0.2, 0) is 9.53 Å². The summed E-state index contributed by atoms with van der Waals surface area (Å²) in [5.74, 6) is 0.0755. The molecule has 96 valence electrons. The van der Waals surface area contributed by atoms with Crippen molar-refractivity contribution in [2.45, 2.75) is 13.0 Å². The number of esters is 1. The van der Waals surface area contributed by atoms with Crippen molar-refractivity contribution in [1.29, 1.82) is 0 Å². The van der Waals surface area contributed by atoms with Crippen LogP contribution in [0.4, 0.5) is 0 Å². The number of hydrogen-bond donors (Lipinski definition) is 1. The van der Waals surface area contributed by atoms with Crippen molar-refractivity contribution in [1.82, 2.24) is 0 Å². The van der Waals surface area contributed by atoms with Crippen LogP contribution in [0.5, 0.6) is 5.75 Å². The topological polar surface area (TPSA) is 55.8 Å². The molecule has 1 aromatic rings. The highest BCUT2D eigenvalue weighted by atomic mass is 16.6. The second-order valence-electron chi connectivity index (χ2n) is 3.48. The molecule has 0 fully saturated rings. The van der Waals surface area contributed by atoms with Gasteiger partial charge in [0.15, 0.2) is 6.61 Å². The lowest BCUT2D eigenvalue weighted by atomic mass is 10.1. The molecule has 1 atom stereocenters. The summed E-state index contributed by atoms with van der Waals surface area (Å²) < 4.78 is 10.00. The van der Waals surface area contributed by atoms with Gasteiger partial charge in [-0.3, -0.25) is 0 Å². The van der Waals surface area contributed by atoms with Gasteiger partial charge in [0.05, 0.1) is 6.61 Å². The maximum atomic E-state index is 11.1. The van der Waals surface area contributed by atoms with Gasteiger partial charge in [0.25, 0.3) is 0 Å². The van der Waals surface area contributed by atoms with Crippen molar-refractivity contribution in [2.75, 3.05) is 13.2 Å². The number of carbonyl (C=O) groups is 1. The first-order valence-corrected chi connectivity index (χ1v) is 5.59. The third kappa shape index (κ3) is 4.45. The zero-order valence-corrected chi connectivity index (χ0v) is 10.3. The lowest BCUT2D eigenvalue weighted by Gasteiger charge is -2.09. The van der Waals surface area contributed by atoms with Gasteiger partial charge < -0.3 is 14.6 Å². The SMILES string of the molecule is C=C=CC(O)c1cccc(OCC(=O)OCC)c1. The van der Waals surface area contributed by atoms with Crippen LogP contribution in [0.15, 0.2) is 42.7 Å². The average molecular weight is 248 g/mol. The van der Waals surface area contributed by atoms with Crippen molar-refractivity contribution < 1.29 is 19.4 Å². The first-order chi connectivity index (χ1) is 8.67. The lowest BCUT2D eigenvalue weighted by Crippen LogP contribution is -2.14. The highest BCUT2D eigenvalue weighted by molar-refractivity contribution is 5.71. The van der Waals surface area contributed by atoms with E-state index in [0.29, 0.717) is 17.9 Å². The Kier molecular flexibility index (Phi) is 5.71. The summed E-state index contributed by atoms with van der Waals surface area (Å²) in [7, 11) is 0. The molecule has 1 unspecified atom stereocenters. The summed E-state index contributed by atoms with van der Waals surface area (Å²) >= 11 is 0. The Morgan fingerprint density at radius 3 is 3.06 bits per heavy atom. The van der Waals surface area contributed by atoms with E-state index in [0.717, 1.165) is 0 Å². The fraction of sp³-hybridized carbons (Fsp3) is 0.286. The van der Waals surface area contributed by atoms with E-state index >= 15 is 0 Å². The van der Waals surface area contributed by atoms with Crippen molar-refractivity contribution in [2.24, 2.45) is 0 Å². The maximum absolute atomic E-state index is 11.1. The molecule has 0 saturated heterocycles. The van der Waals surface area contributed by atoms with E-state index in [4.69, 9.17) is 9.47 Å². The van der Waals surface area contributed by atoms with E-state index < -0.39 is 12.1 Å². The van der Waals surface area contributed by atoms with Crippen LogP contribution >= 0.6 is 0 Å². The summed E-state index contributed by atoms with van der Waals surface area (Å²) in [4.78, 5) is 11.1. The molecule has 0 aromatic heterocycles. The molecule has 0 heterocycles. The van der Waals surface area contributed by atoms with Crippen LogP contribution < -0.4 is 4.74 Å². The van der Waals surface area contributed by atoms with Crippen LogP contribution in [0.2, 0.25) is 0 Å². The van der Waals surface area contributed by atoms with Crippen molar-refractivity contribution in [3.05, 3.63) is 48.2 Å². The number of rotatable bonds is 6. The van der Waals surface area contributed by atoms with E-state index in [2.05, 4.69) is 12.3 Å². The van der Waals surface area contributed by atoms with Crippen LogP contribution in [0.25, 0.3) is 0 Å². The number of aliphatic hydroxyl groups excluding tert-OH is 1. The van der Waals surface area contributed by atoms with Gasteiger partial charge in [-0.1, -0.05) is 18.7 Å². The molecule has 4 nitrogen and oxygen atoms in total. The van der Waals surface area contributed by atoms with E-state index in [1.807, 2.05) is 0 Å². The molecule has 18 heavy (non-hydrogen) atoms. The summed E-state index contributed by atoms with van der Waals surface area (Å²) in [5.41, 5.74) is 3.16. The minimum Gasteiger partial charge on any atom is -0.482 e. The third-order valence-corrected chi connectivity index (χ3v) is 2.14. The summed E-state index contributed by atoms with van der Waals surface area (Å²) in [6.07, 6.45) is 0.651. The molecular weight excluding hydrogens is 232 g/mol. The van der Waals surface area contributed by atoms with E-state index in [1.165, 1.54) is 6.08 Å². The number of benzene rings is 1. The fourth-order valence-electron chi connectivity index (χ4n) is 1.34. The predicted octanol–water partition coefficient (Wildman–Crippen LogP) is 2.00. The van der Waals surface area contributed by atoms with Gasteiger partial charge in [-0.25, -0.2) is 4.79 Å². The molecular formula is C14H16O4. The molecule has 0 saturated carbocycles. The molecule has 1 aromatic carbocycles. The standard InChI is InChI=1S/C14H16O4/c1-3-6-13(15)11-7-5-8-12(9-11)18-10-14(16)17-4-2/h5-9,13,15H,1,4,10H2,2H3.